The molecule has 0 aromatic heterocycles. The van der Waals surface area contributed by atoms with Crippen LogP contribution in [-0.4, -0.2) is 25.9 Å². The minimum Gasteiger partial charge on any atom is -0.488 e. The first-order chi connectivity index (χ1) is 9.88. The van der Waals surface area contributed by atoms with Crippen LogP contribution in [0.15, 0.2) is 18.2 Å². The standard InChI is InChI=1S/C17H25NO2/c1-2-10-18-16-7-3-6-15-14(16)5-4-8-17(15)20-13-9-11-19-12-13/h4-5,8,13,16,18H,2-3,6-7,9-12H2,1H3. The maximum absolute atomic E-state index is 6.17. The van der Waals surface area contributed by atoms with Crippen molar-refractivity contribution in [1.82, 2.24) is 5.32 Å². The minimum absolute atomic E-state index is 0.241. The zero-order chi connectivity index (χ0) is 13.8. The number of fused-ring (bicyclic) bond motifs is 1. The van der Waals surface area contributed by atoms with Crippen LogP contribution in [0.3, 0.4) is 0 Å². The average molecular weight is 275 g/mol. The lowest BCUT2D eigenvalue weighted by atomic mass is 9.87. The predicted octanol–water partition coefficient (Wildman–Crippen LogP) is 3.23. The normalized spacial score (nSPS) is 25.4. The Kier molecular flexibility index (Phi) is 4.58. The van der Waals surface area contributed by atoms with Crippen molar-refractivity contribution in [1.29, 1.82) is 0 Å². The predicted molar refractivity (Wildman–Crippen MR) is 80.3 cm³/mol. The molecule has 1 aliphatic carbocycles. The molecule has 0 spiro atoms. The lowest BCUT2D eigenvalue weighted by Gasteiger charge is -2.28. The topological polar surface area (TPSA) is 30.5 Å². The molecule has 1 N–H and O–H groups in total. The van der Waals surface area contributed by atoms with Crippen molar-refractivity contribution in [3.63, 3.8) is 0 Å². The number of benzene rings is 1. The van der Waals surface area contributed by atoms with Gasteiger partial charge in [0.05, 0.1) is 13.2 Å². The Bertz CT molecular complexity index is 441. The highest BCUT2D eigenvalue weighted by Gasteiger charge is 2.24. The van der Waals surface area contributed by atoms with E-state index in [1.54, 1.807) is 0 Å². The number of rotatable bonds is 5. The molecule has 3 nitrogen and oxygen atoms in total. The largest absolute Gasteiger partial charge is 0.488 e. The van der Waals surface area contributed by atoms with Gasteiger partial charge in [-0.3, -0.25) is 0 Å². The van der Waals surface area contributed by atoms with Gasteiger partial charge >= 0.3 is 0 Å². The summed E-state index contributed by atoms with van der Waals surface area (Å²) in [6.07, 6.45) is 6.07. The molecule has 1 aromatic carbocycles. The van der Waals surface area contributed by atoms with Crippen molar-refractivity contribution in [2.45, 2.75) is 51.2 Å². The Morgan fingerprint density at radius 1 is 1.35 bits per heavy atom. The highest BCUT2D eigenvalue weighted by atomic mass is 16.5. The zero-order valence-electron chi connectivity index (χ0n) is 12.4. The lowest BCUT2D eigenvalue weighted by Crippen LogP contribution is -2.26. The van der Waals surface area contributed by atoms with Gasteiger partial charge in [0.25, 0.3) is 0 Å². The molecule has 0 radical (unpaired) electrons. The molecule has 1 fully saturated rings. The van der Waals surface area contributed by atoms with E-state index in [1.807, 2.05) is 0 Å². The zero-order valence-corrected chi connectivity index (χ0v) is 12.4. The average Bonchev–Trinajstić information content (AvgIpc) is 2.98. The van der Waals surface area contributed by atoms with Crippen molar-refractivity contribution in [2.75, 3.05) is 19.8 Å². The molecule has 1 saturated heterocycles. The maximum atomic E-state index is 6.17. The molecule has 2 unspecified atom stereocenters. The molecule has 1 aromatic rings. The van der Waals surface area contributed by atoms with E-state index in [1.165, 1.54) is 30.4 Å². The molecular formula is C17H25NO2. The van der Waals surface area contributed by atoms with E-state index in [0.717, 1.165) is 38.3 Å². The number of hydrogen-bond acceptors (Lipinski definition) is 3. The third kappa shape index (κ3) is 2.99. The first-order valence-electron chi connectivity index (χ1n) is 7.98. The summed E-state index contributed by atoms with van der Waals surface area (Å²) in [7, 11) is 0. The fourth-order valence-corrected chi connectivity index (χ4v) is 3.24. The second-order valence-corrected chi connectivity index (χ2v) is 5.83. The molecular weight excluding hydrogens is 250 g/mol. The van der Waals surface area contributed by atoms with Gasteiger partial charge in [0, 0.05) is 12.5 Å². The van der Waals surface area contributed by atoms with Gasteiger partial charge in [-0.1, -0.05) is 19.1 Å². The van der Waals surface area contributed by atoms with E-state index >= 15 is 0 Å². The second-order valence-electron chi connectivity index (χ2n) is 5.83. The van der Waals surface area contributed by atoms with Gasteiger partial charge in [-0.2, -0.15) is 0 Å². The summed E-state index contributed by atoms with van der Waals surface area (Å²) in [4.78, 5) is 0. The maximum Gasteiger partial charge on any atom is 0.124 e. The quantitative estimate of drug-likeness (QED) is 0.895. The fraction of sp³-hybridized carbons (Fsp3) is 0.647. The van der Waals surface area contributed by atoms with E-state index in [4.69, 9.17) is 9.47 Å². The monoisotopic (exact) mass is 275 g/mol. The van der Waals surface area contributed by atoms with Crippen molar-refractivity contribution >= 4 is 0 Å². The molecule has 3 rings (SSSR count). The van der Waals surface area contributed by atoms with Crippen LogP contribution in [0.4, 0.5) is 0 Å². The highest BCUT2D eigenvalue weighted by Crippen LogP contribution is 2.36. The highest BCUT2D eigenvalue weighted by molar-refractivity contribution is 5.43. The summed E-state index contributed by atoms with van der Waals surface area (Å²) >= 11 is 0. The molecule has 2 atom stereocenters. The summed E-state index contributed by atoms with van der Waals surface area (Å²) < 4.78 is 11.6. The molecule has 0 bridgehead atoms. The van der Waals surface area contributed by atoms with Crippen LogP contribution in [0.5, 0.6) is 5.75 Å². The van der Waals surface area contributed by atoms with Gasteiger partial charge < -0.3 is 14.8 Å². The number of ether oxygens (including phenoxy) is 2. The van der Waals surface area contributed by atoms with E-state index in [-0.39, 0.29) is 6.10 Å². The molecule has 110 valence electrons. The Balaban J connectivity index is 1.78. The summed E-state index contributed by atoms with van der Waals surface area (Å²) in [6.45, 7) is 4.88. The van der Waals surface area contributed by atoms with Gasteiger partial charge in [0.1, 0.15) is 11.9 Å². The van der Waals surface area contributed by atoms with Crippen molar-refractivity contribution in [3.8, 4) is 5.75 Å². The van der Waals surface area contributed by atoms with Crippen LogP contribution in [0.1, 0.15) is 49.8 Å². The Hall–Kier alpha value is -1.06. The van der Waals surface area contributed by atoms with Crippen molar-refractivity contribution in [3.05, 3.63) is 29.3 Å². The molecule has 2 aliphatic rings. The van der Waals surface area contributed by atoms with Gasteiger partial charge in [-0.05, 0) is 49.4 Å². The van der Waals surface area contributed by atoms with E-state index in [2.05, 4.69) is 30.4 Å². The van der Waals surface area contributed by atoms with Crippen molar-refractivity contribution in [2.24, 2.45) is 0 Å². The summed E-state index contributed by atoms with van der Waals surface area (Å²) in [5, 5.41) is 3.67. The molecule has 1 aliphatic heterocycles. The number of hydrogen-bond donors (Lipinski definition) is 1. The van der Waals surface area contributed by atoms with E-state index in [0.29, 0.717) is 6.04 Å². The third-order valence-corrected chi connectivity index (χ3v) is 4.29. The van der Waals surface area contributed by atoms with E-state index < -0.39 is 0 Å². The SMILES string of the molecule is CCCNC1CCCc2c(OC3CCOC3)cccc21. The van der Waals surface area contributed by atoms with Crippen LogP contribution in [0.25, 0.3) is 0 Å². The summed E-state index contributed by atoms with van der Waals surface area (Å²) in [6, 6.07) is 7.02. The number of nitrogens with one attached hydrogen (secondary N) is 1. The summed E-state index contributed by atoms with van der Waals surface area (Å²) in [5.74, 6) is 1.08. The molecule has 20 heavy (non-hydrogen) atoms. The fourth-order valence-electron chi connectivity index (χ4n) is 3.24. The lowest BCUT2D eigenvalue weighted by molar-refractivity contribution is 0.140. The van der Waals surface area contributed by atoms with Crippen LogP contribution < -0.4 is 10.1 Å². The molecule has 0 amide bonds. The van der Waals surface area contributed by atoms with Crippen LogP contribution >= 0.6 is 0 Å². The Labute approximate surface area is 121 Å². The first kappa shape index (κ1) is 13.9. The van der Waals surface area contributed by atoms with Crippen LogP contribution in [0.2, 0.25) is 0 Å². The van der Waals surface area contributed by atoms with Gasteiger partial charge in [-0.25, -0.2) is 0 Å². The van der Waals surface area contributed by atoms with Crippen molar-refractivity contribution < 1.29 is 9.47 Å². The van der Waals surface area contributed by atoms with E-state index in [9.17, 15) is 0 Å². The Morgan fingerprint density at radius 2 is 2.30 bits per heavy atom. The van der Waals surface area contributed by atoms with Gasteiger partial charge in [0.15, 0.2) is 0 Å². The first-order valence-corrected chi connectivity index (χ1v) is 7.98. The van der Waals surface area contributed by atoms with Gasteiger partial charge in [0.2, 0.25) is 0 Å². The third-order valence-electron chi connectivity index (χ3n) is 4.29. The summed E-state index contributed by atoms with van der Waals surface area (Å²) in [5.41, 5.74) is 2.86. The minimum atomic E-state index is 0.241. The van der Waals surface area contributed by atoms with Gasteiger partial charge in [-0.15, -0.1) is 0 Å². The second kappa shape index (κ2) is 6.59. The molecule has 0 saturated carbocycles. The Morgan fingerprint density at radius 3 is 3.10 bits per heavy atom. The van der Waals surface area contributed by atoms with Crippen LogP contribution in [0, 0.1) is 0 Å². The molecule has 1 heterocycles. The smallest absolute Gasteiger partial charge is 0.124 e. The van der Waals surface area contributed by atoms with Crippen LogP contribution in [-0.2, 0) is 11.2 Å². The molecule has 3 heteroatoms.